The highest BCUT2D eigenvalue weighted by atomic mass is 35.5. The van der Waals surface area contributed by atoms with Crippen LogP contribution in [-0.2, 0) is 11.8 Å². The van der Waals surface area contributed by atoms with Crippen LogP contribution in [0.15, 0.2) is 72.8 Å². The molecule has 3 rings (SSSR count). The third-order valence-corrected chi connectivity index (χ3v) is 9.85. The molecule has 0 unspecified atom stereocenters. The molecule has 0 aliphatic heterocycles. The van der Waals surface area contributed by atoms with Crippen LogP contribution in [0.3, 0.4) is 0 Å². The molecule has 0 aromatic heterocycles. The fourth-order valence-corrected chi connectivity index (χ4v) is 8.61. The quantitative estimate of drug-likeness (QED) is 0.575. The van der Waals surface area contributed by atoms with Crippen LogP contribution in [-0.4, -0.2) is 0 Å². The van der Waals surface area contributed by atoms with Crippen LogP contribution in [0.2, 0.25) is 10.0 Å². The minimum atomic E-state index is -2.32. The molecule has 0 bridgehead atoms. The fraction of sp³-hybridized carbons (Fsp3) is 0.0526. The Morgan fingerprint density at radius 3 is 1.48 bits per heavy atom. The predicted octanol–water partition coefficient (Wildman–Crippen LogP) is 5.06. The Hall–Kier alpha value is -1.11. The maximum absolute atomic E-state index is 6.53. The SMILES string of the molecule is Cc1ccccc1P(=S)(c1ccccc1Cl)c1ccccc1Cl. The van der Waals surface area contributed by atoms with Gasteiger partial charge in [-0.15, -0.1) is 0 Å². The second-order valence-corrected chi connectivity index (χ2v) is 10.4. The van der Waals surface area contributed by atoms with Crippen LogP contribution in [0, 0.1) is 6.92 Å². The first-order chi connectivity index (χ1) is 11.0. The molecule has 3 aromatic carbocycles. The van der Waals surface area contributed by atoms with Crippen molar-refractivity contribution in [1.82, 2.24) is 0 Å². The summed E-state index contributed by atoms with van der Waals surface area (Å²) >= 11 is 19.4. The average molecular weight is 377 g/mol. The lowest BCUT2D eigenvalue weighted by atomic mass is 10.2. The van der Waals surface area contributed by atoms with Gasteiger partial charge < -0.3 is 0 Å². The summed E-state index contributed by atoms with van der Waals surface area (Å²) in [7, 11) is 0. The minimum absolute atomic E-state index is 0.694. The molecule has 0 aliphatic rings. The van der Waals surface area contributed by atoms with Crippen molar-refractivity contribution in [2.45, 2.75) is 6.92 Å². The number of hydrogen-bond acceptors (Lipinski definition) is 1. The Kier molecular flexibility index (Phi) is 4.94. The maximum atomic E-state index is 6.53. The third kappa shape index (κ3) is 2.99. The van der Waals surface area contributed by atoms with Gasteiger partial charge in [-0.2, -0.15) is 0 Å². The Labute approximate surface area is 152 Å². The number of halogens is 2. The lowest BCUT2D eigenvalue weighted by molar-refractivity contribution is 1.52. The van der Waals surface area contributed by atoms with E-state index in [1.54, 1.807) is 0 Å². The fourth-order valence-electron chi connectivity index (χ4n) is 2.72. The van der Waals surface area contributed by atoms with Crippen molar-refractivity contribution in [2.24, 2.45) is 0 Å². The topological polar surface area (TPSA) is 0 Å². The van der Waals surface area contributed by atoms with Crippen LogP contribution in [0.25, 0.3) is 0 Å². The molecule has 23 heavy (non-hydrogen) atoms. The molecule has 116 valence electrons. The van der Waals surface area contributed by atoms with Gasteiger partial charge in [-0.1, -0.05) is 95.7 Å². The third-order valence-electron chi connectivity index (χ3n) is 3.84. The van der Waals surface area contributed by atoms with Gasteiger partial charge >= 0.3 is 0 Å². The van der Waals surface area contributed by atoms with E-state index in [-0.39, 0.29) is 0 Å². The molecule has 0 atom stereocenters. The summed E-state index contributed by atoms with van der Waals surface area (Å²) in [5.41, 5.74) is 1.16. The summed E-state index contributed by atoms with van der Waals surface area (Å²) in [6.07, 6.45) is 0. The Morgan fingerprint density at radius 1 is 0.652 bits per heavy atom. The number of rotatable bonds is 3. The number of aryl methyl sites for hydroxylation is 1. The largest absolute Gasteiger partial charge is 0.0836 e. The highest BCUT2D eigenvalue weighted by molar-refractivity contribution is 8.25. The van der Waals surface area contributed by atoms with Gasteiger partial charge in [-0.05, 0) is 29.9 Å². The van der Waals surface area contributed by atoms with E-state index in [1.165, 1.54) is 0 Å². The highest BCUT2D eigenvalue weighted by Gasteiger charge is 2.29. The van der Waals surface area contributed by atoms with Gasteiger partial charge in [0.25, 0.3) is 0 Å². The molecular formula is C19H15Cl2PS. The Bertz CT molecular complexity index is 787. The molecule has 4 heteroatoms. The molecule has 0 heterocycles. The van der Waals surface area contributed by atoms with E-state index in [0.717, 1.165) is 21.5 Å². The summed E-state index contributed by atoms with van der Waals surface area (Å²) in [5, 5.41) is 4.49. The lowest BCUT2D eigenvalue weighted by Crippen LogP contribution is -2.27. The molecule has 0 spiro atoms. The van der Waals surface area contributed by atoms with E-state index >= 15 is 0 Å². The molecule has 0 aliphatic carbocycles. The van der Waals surface area contributed by atoms with Crippen molar-refractivity contribution in [3.63, 3.8) is 0 Å². The minimum Gasteiger partial charge on any atom is -0.0836 e. The van der Waals surface area contributed by atoms with Gasteiger partial charge in [0.05, 0.1) is 0 Å². The first kappa shape index (κ1) is 16.7. The molecule has 0 fully saturated rings. The first-order valence-corrected chi connectivity index (χ1v) is 10.8. The van der Waals surface area contributed by atoms with Gasteiger partial charge in [-0.25, -0.2) is 0 Å². The second kappa shape index (κ2) is 6.79. The van der Waals surface area contributed by atoms with Crippen LogP contribution >= 0.6 is 29.2 Å². The van der Waals surface area contributed by atoms with E-state index in [9.17, 15) is 0 Å². The van der Waals surface area contributed by atoms with Crippen molar-refractivity contribution >= 4 is 57.0 Å². The van der Waals surface area contributed by atoms with Crippen LogP contribution in [0.1, 0.15) is 5.56 Å². The van der Waals surface area contributed by atoms with Gasteiger partial charge in [0.1, 0.15) is 0 Å². The van der Waals surface area contributed by atoms with Crippen LogP contribution in [0.5, 0.6) is 0 Å². The summed E-state index contributed by atoms with van der Waals surface area (Å²) in [5.74, 6) is 0. The molecule has 0 amide bonds. The Morgan fingerprint density at radius 2 is 1.04 bits per heavy atom. The summed E-state index contributed by atoms with van der Waals surface area (Å²) in [6, 6.07) is 21.6. The highest BCUT2D eigenvalue weighted by Crippen LogP contribution is 2.47. The zero-order valence-corrected chi connectivity index (χ0v) is 15.8. The molecule has 0 nitrogen and oxygen atoms in total. The van der Waals surface area contributed by atoms with Crippen molar-refractivity contribution < 1.29 is 0 Å². The van der Waals surface area contributed by atoms with Gasteiger partial charge in [0.2, 0.25) is 0 Å². The normalized spacial score (nSPS) is 11.4. The second-order valence-electron chi connectivity index (χ2n) is 5.30. The van der Waals surface area contributed by atoms with Crippen LogP contribution < -0.4 is 15.9 Å². The number of hydrogen-bond donors (Lipinski definition) is 0. The van der Waals surface area contributed by atoms with E-state index in [2.05, 4.69) is 19.1 Å². The van der Waals surface area contributed by atoms with Gasteiger partial charge in [0.15, 0.2) is 0 Å². The standard InChI is InChI=1S/C19H15Cl2PS/c1-14-8-2-5-11-17(14)22(23,18-12-6-3-9-15(18)20)19-13-7-4-10-16(19)21/h2-13H,1H3. The zero-order valence-electron chi connectivity index (χ0n) is 12.5. The zero-order chi connectivity index (χ0) is 16.4. The molecule has 0 radical (unpaired) electrons. The van der Waals surface area contributed by atoms with Gasteiger partial charge in [0, 0.05) is 26.7 Å². The van der Waals surface area contributed by atoms with E-state index in [1.807, 2.05) is 60.7 Å². The lowest BCUT2D eigenvalue weighted by Gasteiger charge is -2.27. The van der Waals surface area contributed by atoms with E-state index in [0.29, 0.717) is 10.0 Å². The predicted molar refractivity (Wildman–Crippen MR) is 107 cm³/mol. The number of benzene rings is 3. The van der Waals surface area contributed by atoms with E-state index in [4.69, 9.17) is 35.0 Å². The average Bonchev–Trinajstić information content (AvgIpc) is 2.55. The van der Waals surface area contributed by atoms with E-state index < -0.39 is 6.04 Å². The molecule has 3 aromatic rings. The van der Waals surface area contributed by atoms with Gasteiger partial charge in [-0.3, -0.25) is 0 Å². The molecule has 0 saturated heterocycles. The van der Waals surface area contributed by atoms with Crippen molar-refractivity contribution in [1.29, 1.82) is 0 Å². The monoisotopic (exact) mass is 376 g/mol. The summed E-state index contributed by atoms with van der Waals surface area (Å²) < 4.78 is 0. The van der Waals surface area contributed by atoms with Crippen LogP contribution in [0.4, 0.5) is 0 Å². The van der Waals surface area contributed by atoms with Crippen molar-refractivity contribution in [2.75, 3.05) is 0 Å². The van der Waals surface area contributed by atoms with Crippen molar-refractivity contribution in [3.05, 3.63) is 88.4 Å². The smallest absolute Gasteiger partial charge is 0.0496 e. The van der Waals surface area contributed by atoms with Crippen molar-refractivity contribution in [3.8, 4) is 0 Å². The summed E-state index contributed by atoms with van der Waals surface area (Å²) in [6.45, 7) is 2.09. The summed E-state index contributed by atoms with van der Waals surface area (Å²) in [4.78, 5) is 0. The molecular weight excluding hydrogens is 362 g/mol. The Balaban J connectivity index is 2.41. The molecule has 0 N–H and O–H groups in total. The maximum Gasteiger partial charge on any atom is 0.0496 e. The first-order valence-electron chi connectivity index (χ1n) is 7.21. The molecule has 0 saturated carbocycles.